The zero-order valence-corrected chi connectivity index (χ0v) is 14.9. The Bertz CT molecular complexity index is 845. The lowest BCUT2D eigenvalue weighted by molar-refractivity contribution is 0.103. The van der Waals surface area contributed by atoms with Gasteiger partial charge in [0.1, 0.15) is 5.82 Å². The molecule has 1 fully saturated rings. The van der Waals surface area contributed by atoms with E-state index in [2.05, 4.69) is 30.1 Å². The first-order valence-electron chi connectivity index (χ1n) is 8.37. The molecule has 1 aliphatic heterocycles. The average molecular weight is 366 g/mol. The van der Waals surface area contributed by atoms with Crippen molar-refractivity contribution in [3.8, 4) is 0 Å². The lowest BCUT2D eigenvalue weighted by Crippen LogP contribution is -2.47. The van der Waals surface area contributed by atoms with Crippen molar-refractivity contribution in [1.82, 2.24) is 15.0 Å². The summed E-state index contributed by atoms with van der Waals surface area (Å²) < 4.78 is 0. The first-order chi connectivity index (χ1) is 12.8. The van der Waals surface area contributed by atoms with Crippen molar-refractivity contribution in [3.63, 3.8) is 0 Å². The number of anilines is 3. The Kier molecular flexibility index (Phi) is 4.74. The Morgan fingerprint density at radius 2 is 1.73 bits per heavy atom. The number of nitrogens with one attached hydrogen (secondary N) is 1. The van der Waals surface area contributed by atoms with Gasteiger partial charge in [0, 0.05) is 38.6 Å². The van der Waals surface area contributed by atoms with Gasteiger partial charge in [0.2, 0.25) is 5.95 Å². The highest BCUT2D eigenvalue weighted by atomic mass is 32.1. The monoisotopic (exact) mass is 366 g/mol. The number of thiophene rings is 1. The molecular formula is C18H18N6OS. The minimum absolute atomic E-state index is 0.128. The minimum atomic E-state index is -0.128. The first-order valence-corrected chi connectivity index (χ1v) is 9.25. The quantitative estimate of drug-likeness (QED) is 0.765. The molecule has 0 radical (unpaired) electrons. The molecule has 0 spiro atoms. The van der Waals surface area contributed by atoms with E-state index < -0.39 is 0 Å². The molecule has 3 aromatic rings. The summed E-state index contributed by atoms with van der Waals surface area (Å²) in [5, 5.41) is 4.70. The molecule has 1 saturated heterocycles. The molecule has 0 unspecified atom stereocenters. The van der Waals surface area contributed by atoms with Crippen LogP contribution in [0.4, 0.5) is 17.5 Å². The Morgan fingerprint density at radius 1 is 0.962 bits per heavy atom. The number of piperazine rings is 1. The molecule has 0 atom stereocenters. The molecule has 4 heterocycles. The lowest BCUT2D eigenvalue weighted by Gasteiger charge is -2.35. The molecule has 7 nitrogen and oxygen atoms in total. The van der Waals surface area contributed by atoms with Gasteiger partial charge in [-0.25, -0.2) is 15.0 Å². The molecule has 0 saturated carbocycles. The second kappa shape index (κ2) is 7.49. The van der Waals surface area contributed by atoms with E-state index in [4.69, 9.17) is 0 Å². The van der Waals surface area contributed by atoms with E-state index in [-0.39, 0.29) is 5.91 Å². The molecule has 26 heavy (non-hydrogen) atoms. The van der Waals surface area contributed by atoms with Crippen molar-refractivity contribution in [2.75, 3.05) is 41.3 Å². The normalized spacial score (nSPS) is 14.3. The van der Waals surface area contributed by atoms with Gasteiger partial charge in [0.15, 0.2) is 0 Å². The smallest absolute Gasteiger partial charge is 0.266 e. The number of rotatable bonds is 4. The summed E-state index contributed by atoms with van der Waals surface area (Å²) in [6.45, 7) is 3.48. The Hall–Kier alpha value is -3.00. The number of hydrogen-bond donors (Lipinski definition) is 1. The highest BCUT2D eigenvalue weighted by Gasteiger charge is 2.19. The summed E-state index contributed by atoms with van der Waals surface area (Å²) in [5.74, 6) is 1.21. The molecule has 0 bridgehead atoms. The van der Waals surface area contributed by atoms with Crippen LogP contribution in [-0.4, -0.2) is 47.0 Å². The number of nitrogens with zero attached hydrogens (tertiary/aromatic N) is 5. The largest absolute Gasteiger partial charge is 0.367 e. The van der Waals surface area contributed by atoms with Crippen molar-refractivity contribution in [1.29, 1.82) is 0 Å². The zero-order chi connectivity index (χ0) is 17.8. The molecule has 4 rings (SSSR count). The molecule has 1 aliphatic rings. The van der Waals surface area contributed by atoms with Crippen molar-refractivity contribution in [2.24, 2.45) is 0 Å². The Labute approximate surface area is 155 Å². The van der Waals surface area contributed by atoms with E-state index in [1.807, 2.05) is 29.6 Å². The molecule has 1 amide bonds. The summed E-state index contributed by atoms with van der Waals surface area (Å²) >= 11 is 1.41. The fourth-order valence-electron chi connectivity index (χ4n) is 2.85. The fourth-order valence-corrected chi connectivity index (χ4v) is 3.47. The van der Waals surface area contributed by atoms with Gasteiger partial charge in [0.05, 0.1) is 16.8 Å². The van der Waals surface area contributed by atoms with Gasteiger partial charge in [-0.3, -0.25) is 4.79 Å². The lowest BCUT2D eigenvalue weighted by atomic mass is 10.3. The third-order valence-corrected chi connectivity index (χ3v) is 5.08. The minimum Gasteiger partial charge on any atom is -0.367 e. The predicted molar refractivity (Wildman–Crippen MR) is 103 cm³/mol. The topological polar surface area (TPSA) is 74.2 Å². The standard InChI is InChI=1S/C18H18N6OS/c25-17(15-3-1-12-26-15)22-16-5-4-14(13-21-16)23-8-10-24(11-9-23)18-19-6-2-7-20-18/h1-7,12-13H,8-11H2,(H,21,22,25). The number of hydrogen-bond acceptors (Lipinski definition) is 7. The van der Waals surface area contributed by atoms with Crippen LogP contribution in [0, 0.1) is 0 Å². The molecule has 1 N–H and O–H groups in total. The van der Waals surface area contributed by atoms with Crippen LogP contribution >= 0.6 is 11.3 Å². The second-order valence-electron chi connectivity index (χ2n) is 5.86. The van der Waals surface area contributed by atoms with E-state index in [1.165, 1.54) is 11.3 Å². The molecule has 0 aromatic carbocycles. The number of carbonyl (C=O) groups excluding carboxylic acids is 1. The average Bonchev–Trinajstić information content (AvgIpc) is 3.25. The molecule has 3 aromatic heterocycles. The second-order valence-corrected chi connectivity index (χ2v) is 6.80. The summed E-state index contributed by atoms with van der Waals surface area (Å²) in [4.78, 5) is 30.2. The van der Waals surface area contributed by atoms with Gasteiger partial charge in [-0.05, 0) is 29.6 Å². The van der Waals surface area contributed by atoms with Crippen LogP contribution in [0.2, 0.25) is 0 Å². The van der Waals surface area contributed by atoms with Gasteiger partial charge in [-0.2, -0.15) is 0 Å². The fraction of sp³-hybridized carbons (Fsp3) is 0.222. The van der Waals surface area contributed by atoms with Gasteiger partial charge in [-0.15, -0.1) is 11.3 Å². The molecular weight excluding hydrogens is 348 g/mol. The summed E-state index contributed by atoms with van der Waals surface area (Å²) in [5.41, 5.74) is 1.05. The highest BCUT2D eigenvalue weighted by Crippen LogP contribution is 2.19. The maximum atomic E-state index is 12.1. The summed E-state index contributed by atoms with van der Waals surface area (Å²) in [6, 6.07) is 9.31. The van der Waals surface area contributed by atoms with Crippen molar-refractivity contribution in [3.05, 3.63) is 59.2 Å². The number of aromatic nitrogens is 3. The molecule has 132 valence electrons. The Morgan fingerprint density at radius 3 is 2.38 bits per heavy atom. The summed E-state index contributed by atoms with van der Waals surface area (Å²) in [7, 11) is 0. The SMILES string of the molecule is O=C(Nc1ccc(N2CCN(c3ncccn3)CC2)cn1)c1cccs1. The highest BCUT2D eigenvalue weighted by molar-refractivity contribution is 7.12. The molecule has 0 aliphatic carbocycles. The van der Waals surface area contributed by atoms with Crippen LogP contribution in [-0.2, 0) is 0 Å². The number of amides is 1. The van der Waals surface area contributed by atoms with Crippen molar-refractivity contribution in [2.45, 2.75) is 0 Å². The van der Waals surface area contributed by atoms with E-state index in [1.54, 1.807) is 24.7 Å². The number of pyridine rings is 1. The van der Waals surface area contributed by atoms with E-state index >= 15 is 0 Å². The van der Waals surface area contributed by atoms with Crippen LogP contribution in [0.1, 0.15) is 9.67 Å². The van der Waals surface area contributed by atoms with E-state index in [9.17, 15) is 4.79 Å². The van der Waals surface area contributed by atoms with E-state index in [0.29, 0.717) is 10.7 Å². The van der Waals surface area contributed by atoms with Crippen LogP contribution in [0.25, 0.3) is 0 Å². The third-order valence-electron chi connectivity index (χ3n) is 4.21. The van der Waals surface area contributed by atoms with Gasteiger partial charge in [0.25, 0.3) is 5.91 Å². The van der Waals surface area contributed by atoms with E-state index in [0.717, 1.165) is 37.8 Å². The maximum Gasteiger partial charge on any atom is 0.266 e. The zero-order valence-electron chi connectivity index (χ0n) is 14.1. The summed E-state index contributed by atoms with van der Waals surface area (Å²) in [6.07, 6.45) is 5.34. The maximum absolute atomic E-state index is 12.1. The molecule has 8 heteroatoms. The Balaban J connectivity index is 1.35. The third kappa shape index (κ3) is 3.65. The van der Waals surface area contributed by atoms with Crippen LogP contribution in [0.5, 0.6) is 0 Å². The van der Waals surface area contributed by atoms with Crippen LogP contribution < -0.4 is 15.1 Å². The predicted octanol–water partition coefficient (Wildman–Crippen LogP) is 2.51. The van der Waals surface area contributed by atoms with Crippen LogP contribution in [0.15, 0.2) is 54.3 Å². The first kappa shape index (κ1) is 16.5. The number of carbonyl (C=O) groups is 1. The van der Waals surface area contributed by atoms with Crippen LogP contribution in [0.3, 0.4) is 0 Å². The van der Waals surface area contributed by atoms with Crippen molar-refractivity contribution < 1.29 is 4.79 Å². The van der Waals surface area contributed by atoms with Gasteiger partial charge < -0.3 is 15.1 Å². The van der Waals surface area contributed by atoms with Crippen molar-refractivity contribution >= 4 is 34.7 Å². The van der Waals surface area contributed by atoms with Gasteiger partial charge >= 0.3 is 0 Å². The van der Waals surface area contributed by atoms with Gasteiger partial charge in [-0.1, -0.05) is 6.07 Å².